The molecule has 1 aromatic carbocycles. The molecule has 1 aliphatic heterocycles. The summed E-state index contributed by atoms with van der Waals surface area (Å²) in [6.07, 6.45) is 0.952. The number of likely N-dealkylation sites (tertiary alicyclic amines) is 1. The van der Waals surface area contributed by atoms with Crippen LogP contribution in [-0.4, -0.2) is 100 Å². The van der Waals surface area contributed by atoms with E-state index in [4.69, 9.17) is 5.73 Å². The highest BCUT2D eigenvalue weighted by Crippen LogP contribution is 2.51. The van der Waals surface area contributed by atoms with Gasteiger partial charge in [-0.25, -0.2) is 4.39 Å². The average Bonchev–Trinajstić information content (AvgIpc) is 3.30. The van der Waals surface area contributed by atoms with Gasteiger partial charge in [0.2, 0.25) is 11.8 Å². The summed E-state index contributed by atoms with van der Waals surface area (Å²) >= 11 is 0. The Hall–Kier alpha value is -3.55. The summed E-state index contributed by atoms with van der Waals surface area (Å²) in [6.45, 7) is 0.686. The zero-order valence-electron chi connectivity index (χ0n) is 22.3. The van der Waals surface area contributed by atoms with Crippen LogP contribution in [0.2, 0.25) is 0 Å². The van der Waals surface area contributed by atoms with E-state index in [0.717, 1.165) is 12.5 Å². The van der Waals surface area contributed by atoms with Crippen molar-refractivity contribution in [1.29, 1.82) is 0 Å². The number of anilines is 1. The second kappa shape index (κ2) is 9.53. The van der Waals surface area contributed by atoms with E-state index in [2.05, 4.69) is 5.32 Å². The summed E-state index contributed by atoms with van der Waals surface area (Å²) in [5.74, 6) is -13.8. The molecule has 40 heavy (non-hydrogen) atoms. The van der Waals surface area contributed by atoms with Crippen LogP contribution in [0.15, 0.2) is 6.07 Å². The first-order valence-electron chi connectivity index (χ1n) is 13.1. The number of carbonyl (C=O) groups is 6. The van der Waals surface area contributed by atoms with Crippen LogP contribution in [0, 0.1) is 29.5 Å². The number of Topliss-reactive ketones (excluding diaryl/α,β-unsaturated/α-hetero) is 4. The van der Waals surface area contributed by atoms with Gasteiger partial charge >= 0.3 is 0 Å². The van der Waals surface area contributed by atoms with Crippen molar-refractivity contribution in [3.05, 3.63) is 23.0 Å². The summed E-state index contributed by atoms with van der Waals surface area (Å²) < 4.78 is 15.4. The number of nitrogens with two attached hydrogens (primary N) is 1. The molecule has 12 nitrogen and oxygen atoms in total. The standard InChI is InChI=1S/C27H31FN4O8/c1-31(2)19-12-8-10-7-11-13(28)9-14(30-26(39)15-5-4-6-32(15)3)20(33)17(11)21(34)16(10)23(36)27(12,40)24(37)18(22(19)35)25(29)38/h9-10,12,15-16,18-19,33,40H,4-8H2,1-3H3,(H2,29,38)(H,30,39)/t10-,12-,15-,16?,18?,19-,27-/m0/s1. The maximum atomic E-state index is 15.4. The van der Waals surface area contributed by atoms with Crippen molar-refractivity contribution in [2.45, 2.75) is 43.4 Å². The number of phenols is 1. The van der Waals surface area contributed by atoms with E-state index in [9.17, 15) is 39.0 Å². The molecule has 13 heteroatoms. The number of nitrogens with zero attached hydrogens (tertiary/aromatic N) is 2. The number of hydrogen-bond donors (Lipinski definition) is 4. The van der Waals surface area contributed by atoms with Crippen LogP contribution in [0.25, 0.3) is 0 Å². The van der Waals surface area contributed by atoms with Gasteiger partial charge in [-0.05, 0) is 59.3 Å². The molecular formula is C27H31FN4O8. The molecule has 5 N–H and O–H groups in total. The van der Waals surface area contributed by atoms with Gasteiger partial charge in [0.25, 0.3) is 0 Å². The molecule has 2 unspecified atom stereocenters. The van der Waals surface area contributed by atoms with Crippen molar-refractivity contribution in [2.75, 3.05) is 33.0 Å². The third-order valence-corrected chi connectivity index (χ3v) is 9.09. The van der Waals surface area contributed by atoms with E-state index in [0.29, 0.717) is 13.0 Å². The van der Waals surface area contributed by atoms with E-state index in [1.807, 2.05) is 0 Å². The van der Waals surface area contributed by atoms with Crippen LogP contribution in [0.1, 0.15) is 35.2 Å². The third-order valence-electron chi connectivity index (χ3n) is 9.09. The molecule has 0 spiro atoms. The number of nitrogens with one attached hydrogen (secondary N) is 1. The normalized spacial score (nSPS) is 34.0. The number of rotatable bonds is 4. The summed E-state index contributed by atoms with van der Waals surface area (Å²) in [7, 11) is 4.71. The van der Waals surface area contributed by atoms with E-state index < -0.39 is 93.4 Å². The zero-order valence-corrected chi connectivity index (χ0v) is 22.3. The van der Waals surface area contributed by atoms with Crippen LogP contribution in [0.3, 0.4) is 0 Å². The summed E-state index contributed by atoms with van der Waals surface area (Å²) in [6, 6.07) is -0.831. The second-order valence-corrected chi connectivity index (χ2v) is 11.5. The molecule has 1 aromatic rings. The smallest absolute Gasteiger partial charge is 0.241 e. The Kier molecular flexibility index (Phi) is 6.67. The highest BCUT2D eigenvalue weighted by Gasteiger charge is 2.69. The minimum Gasteiger partial charge on any atom is -0.505 e. The monoisotopic (exact) mass is 558 g/mol. The van der Waals surface area contributed by atoms with Crippen LogP contribution < -0.4 is 11.1 Å². The van der Waals surface area contributed by atoms with Crippen LogP contribution >= 0.6 is 0 Å². The summed E-state index contributed by atoms with van der Waals surface area (Å²) in [5, 5.41) is 25.1. The van der Waals surface area contributed by atoms with Crippen LogP contribution in [0.5, 0.6) is 5.75 Å². The number of benzene rings is 1. The molecule has 4 aliphatic rings. The van der Waals surface area contributed by atoms with E-state index >= 15 is 4.39 Å². The molecule has 0 aromatic heterocycles. The lowest BCUT2D eigenvalue weighted by Gasteiger charge is -2.52. The minimum atomic E-state index is -2.87. The number of amides is 2. The van der Waals surface area contributed by atoms with Crippen LogP contribution in [0.4, 0.5) is 10.1 Å². The van der Waals surface area contributed by atoms with E-state index in [-0.39, 0.29) is 24.1 Å². The van der Waals surface area contributed by atoms with Crippen molar-refractivity contribution in [2.24, 2.45) is 29.4 Å². The number of aromatic hydroxyl groups is 1. The quantitative estimate of drug-likeness (QED) is 0.265. The molecule has 1 heterocycles. The maximum Gasteiger partial charge on any atom is 0.241 e. The van der Waals surface area contributed by atoms with Gasteiger partial charge in [-0.3, -0.25) is 38.6 Å². The maximum absolute atomic E-state index is 15.4. The fraction of sp³-hybridized carbons (Fsp3) is 0.556. The average molecular weight is 559 g/mol. The van der Waals surface area contributed by atoms with Crippen molar-refractivity contribution in [3.63, 3.8) is 0 Å². The van der Waals surface area contributed by atoms with Crippen molar-refractivity contribution < 1.29 is 43.4 Å². The number of ketones is 4. The zero-order chi connectivity index (χ0) is 29.4. The second-order valence-electron chi connectivity index (χ2n) is 11.5. The Morgan fingerprint density at radius 3 is 2.45 bits per heavy atom. The molecule has 214 valence electrons. The number of halogens is 1. The number of primary amides is 1. The summed E-state index contributed by atoms with van der Waals surface area (Å²) in [5.41, 5.74) is 1.42. The Bertz CT molecular complexity index is 1380. The van der Waals surface area contributed by atoms with Crippen molar-refractivity contribution in [1.82, 2.24) is 9.80 Å². The number of likely N-dealkylation sites (N-methyl/N-ethyl adjacent to an activating group) is 2. The SMILES string of the molecule is CN(C)[C@@H]1C(=O)C(C(N)=O)C(=O)[C@@]2(O)C(=O)C3C(=O)c4c(O)c(NC(=O)[C@@H]5CCCN5C)cc(F)c4C[C@H]3C[C@@H]12. The minimum absolute atomic E-state index is 0.164. The lowest BCUT2D eigenvalue weighted by Crippen LogP contribution is -2.74. The Morgan fingerprint density at radius 2 is 1.88 bits per heavy atom. The van der Waals surface area contributed by atoms with Gasteiger partial charge in [-0.1, -0.05) is 0 Å². The molecule has 2 amide bonds. The van der Waals surface area contributed by atoms with E-state index in [1.165, 1.54) is 19.0 Å². The predicted molar refractivity (Wildman–Crippen MR) is 136 cm³/mol. The predicted octanol–water partition coefficient (Wildman–Crippen LogP) is -0.961. The van der Waals surface area contributed by atoms with Gasteiger partial charge in [0.15, 0.2) is 34.7 Å². The van der Waals surface area contributed by atoms with Gasteiger partial charge < -0.3 is 21.3 Å². The molecule has 0 bridgehead atoms. The largest absolute Gasteiger partial charge is 0.505 e. The molecule has 1 saturated heterocycles. The summed E-state index contributed by atoms with van der Waals surface area (Å²) in [4.78, 5) is 82.0. The first-order valence-corrected chi connectivity index (χ1v) is 13.1. The van der Waals surface area contributed by atoms with Crippen molar-refractivity contribution in [3.8, 4) is 5.75 Å². The first kappa shape index (κ1) is 28.0. The fourth-order valence-corrected chi connectivity index (χ4v) is 7.18. The highest BCUT2D eigenvalue weighted by atomic mass is 19.1. The molecule has 3 aliphatic carbocycles. The molecule has 7 atom stereocenters. The Labute approximate surface area is 228 Å². The third kappa shape index (κ3) is 3.82. The number of carbonyl (C=O) groups excluding carboxylic acids is 6. The molecule has 0 radical (unpaired) electrons. The van der Waals surface area contributed by atoms with Crippen molar-refractivity contribution >= 4 is 40.6 Å². The Morgan fingerprint density at radius 1 is 1.20 bits per heavy atom. The molecule has 3 fully saturated rings. The number of phenolic OH excluding ortho intramolecular Hbond substituents is 1. The van der Waals surface area contributed by atoms with Gasteiger partial charge in [-0.2, -0.15) is 0 Å². The highest BCUT2D eigenvalue weighted by molar-refractivity contribution is 6.32. The Balaban J connectivity index is 1.56. The number of fused-ring (bicyclic) bond motifs is 3. The topological polar surface area (TPSA) is 187 Å². The first-order chi connectivity index (χ1) is 18.7. The van der Waals surface area contributed by atoms with Gasteiger partial charge in [0.1, 0.15) is 11.6 Å². The molecule has 5 rings (SSSR count). The number of aliphatic hydroxyl groups is 1. The lowest BCUT2D eigenvalue weighted by molar-refractivity contribution is -0.181. The number of hydrogen-bond acceptors (Lipinski definition) is 10. The van der Waals surface area contributed by atoms with Gasteiger partial charge in [0.05, 0.1) is 29.3 Å². The van der Waals surface area contributed by atoms with Gasteiger partial charge in [0, 0.05) is 17.5 Å². The molecule has 2 saturated carbocycles. The van der Waals surface area contributed by atoms with Gasteiger partial charge in [-0.15, -0.1) is 0 Å². The fourth-order valence-electron chi connectivity index (χ4n) is 7.18. The van der Waals surface area contributed by atoms with Crippen LogP contribution in [-0.2, 0) is 30.4 Å². The molecular weight excluding hydrogens is 527 g/mol. The lowest BCUT2D eigenvalue weighted by atomic mass is 9.52. The van der Waals surface area contributed by atoms with E-state index in [1.54, 1.807) is 11.9 Å².